The summed E-state index contributed by atoms with van der Waals surface area (Å²) in [5.74, 6) is 0.962. The van der Waals surface area contributed by atoms with Crippen LogP contribution in [0, 0.1) is 6.92 Å². The van der Waals surface area contributed by atoms with Gasteiger partial charge in [0.1, 0.15) is 5.82 Å². The second kappa shape index (κ2) is 7.59. The first kappa shape index (κ1) is 18.4. The maximum atomic E-state index is 11.3. The highest BCUT2D eigenvalue weighted by Crippen LogP contribution is 2.35. The number of hydrogen-bond acceptors (Lipinski definition) is 4. The van der Waals surface area contributed by atoms with Gasteiger partial charge in [0.25, 0.3) is 0 Å². The number of rotatable bonds is 5. The van der Waals surface area contributed by atoms with Gasteiger partial charge in [0.05, 0.1) is 23.8 Å². The summed E-state index contributed by atoms with van der Waals surface area (Å²) in [6.07, 6.45) is 3.63. The Bertz CT molecular complexity index is 971. The van der Waals surface area contributed by atoms with Crippen LogP contribution in [-0.2, 0) is 24.2 Å². The zero-order chi connectivity index (χ0) is 19.7. The molecule has 3 heterocycles. The fraction of sp³-hybridized carbons (Fsp3) is 0.381. The largest absolute Gasteiger partial charge is 0.348 e. The minimum Gasteiger partial charge on any atom is -0.348 e. The van der Waals surface area contributed by atoms with E-state index < -0.39 is 0 Å². The molecule has 3 N–H and O–H groups in total. The summed E-state index contributed by atoms with van der Waals surface area (Å²) in [4.78, 5) is 29.8. The van der Waals surface area contributed by atoms with Gasteiger partial charge in [-0.3, -0.25) is 9.69 Å². The Balaban J connectivity index is 1.66. The molecule has 4 rings (SSSR count). The first-order valence-corrected chi connectivity index (χ1v) is 9.73. The van der Waals surface area contributed by atoms with Gasteiger partial charge in [-0.15, -0.1) is 0 Å². The van der Waals surface area contributed by atoms with Gasteiger partial charge in [-0.05, 0) is 24.6 Å². The molecule has 1 amide bonds. The highest BCUT2D eigenvalue weighted by atomic mass is 16.1. The van der Waals surface area contributed by atoms with Gasteiger partial charge in [0, 0.05) is 49.9 Å². The van der Waals surface area contributed by atoms with Crippen molar-refractivity contribution in [2.24, 2.45) is 0 Å². The van der Waals surface area contributed by atoms with Crippen molar-refractivity contribution in [3.63, 3.8) is 0 Å². The summed E-state index contributed by atoms with van der Waals surface area (Å²) >= 11 is 0. The quantitative estimate of drug-likeness (QED) is 0.636. The van der Waals surface area contributed by atoms with Crippen molar-refractivity contribution in [2.45, 2.75) is 46.2 Å². The Morgan fingerprint density at radius 3 is 2.79 bits per heavy atom. The number of anilines is 1. The number of aromatic amines is 2. The summed E-state index contributed by atoms with van der Waals surface area (Å²) in [5, 5.41) is 2.83. The minimum atomic E-state index is -0.0673. The van der Waals surface area contributed by atoms with Crippen LogP contribution in [0.5, 0.6) is 0 Å². The number of benzene rings is 1. The smallest absolute Gasteiger partial charge is 0.221 e. The van der Waals surface area contributed by atoms with Crippen LogP contribution in [0.3, 0.4) is 0 Å². The molecule has 1 aliphatic heterocycles. The number of carbonyl (C=O) groups is 1. The van der Waals surface area contributed by atoms with Gasteiger partial charge in [0.15, 0.2) is 0 Å². The predicted molar refractivity (Wildman–Crippen MR) is 108 cm³/mol. The van der Waals surface area contributed by atoms with E-state index >= 15 is 0 Å². The first-order chi connectivity index (χ1) is 13.5. The Morgan fingerprint density at radius 1 is 1.32 bits per heavy atom. The van der Waals surface area contributed by atoms with Crippen LogP contribution in [0.4, 0.5) is 5.69 Å². The number of nitrogens with one attached hydrogen (secondary N) is 3. The van der Waals surface area contributed by atoms with E-state index in [2.05, 4.69) is 51.1 Å². The third-order valence-electron chi connectivity index (χ3n) is 5.29. The van der Waals surface area contributed by atoms with Crippen LogP contribution >= 0.6 is 0 Å². The van der Waals surface area contributed by atoms with Crippen LogP contribution in [-0.4, -0.2) is 37.3 Å². The maximum absolute atomic E-state index is 11.3. The molecule has 1 unspecified atom stereocenters. The monoisotopic (exact) mass is 378 g/mol. The molecule has 1 atom stereocenters. The molecule has 7 heteroatoms. The number of aromatic nitrogens is 4. The van der Waals surface area contributed by atoms with E-state index in [1.807, 2.05) is 12.1 Å². The fourth-order valence-electron chi connectivity index (χ4n) is 3.89. The van der Waals surface area contributed by atoms with Crippen molar-refractivity contribution in [3.8, 4) is 0 Å². The second-order valence-electron chi connectivity index (χ2n) is 7.30. The Labute approximate surface area is 164 Å². The number of aryl methyl sites for hydroxylation is 2. The van der Waals surface area contributed by atoms with Crippen LogP contribution in [0.1, 0.15) is 54.1 Å². The number of carbonyl (C=O) groups excluding carboxylic acids is 1. The number of hydrogen-bond donors (Lipinski definition) is 3. The van der Waals surface area contributed by atoms with Crippen molar-refractivity contribution in [2.75, 3.05) is 11.9 Å². The fourth-order valence-corrected chi connectivity index (χ4v) is 3.89. The summed E-state index contributed by atoms with van der Waals surface area (Å²) < 4.78 is 0. The number of amides is 1. The van der Waals surface area contributed by atoms with Gasteiger partial charge in [0.2, 0.25) is 5.91 Å². The number of nitrogens with zero attached hydrogens (tertiary/aromatic N) is 3. The van der Waals surface area contributed by atoms with E-state index in [0.29, 0.717) is 0 Å². The van der Waals surface area contributed by atoms with Crippen molar-refractivity contribution in [3.05, 3.63) is 64.8 Å². The SMILES string of the molecule is CCc1nc(CN2CCc3[nH]cnc3C2c2ccc(NC(C)=O)cc2)c(C)[nH]1. The van der Waals surface area contributed by atoms with Crippen LogP contribution in [0.15, 0.2) is 30.6 Å². The Morgan fingerprint density at radius 2 is 2.11 bits per heavy atom. The molecule has 28 heavy (non-hydrogen) atoms. The van der Waals surface area contributed by atoms with E-state index in [-0.39, 0.29) is 11.9 Å². The van der Waals surface area contributed by atoms with Crippen molar-refractivity contribution in [1.29, 1.82) is 0 Å². The molecule has 7 nitrogen and oxygen atoms in total. The average molecular weight is 378 g/mol. The van der Waals surface area contributed by atoms with E-state index in [1.54, 1.807) is 6.33 Å². The molecule has 0 fully saturated rings. The predicted octanol–water partition coefficient (Wildman–Crippen LogP) is 3.11. The lowest BCUT2D eigenvalue weighted by atomic mass is 9.95. The van der Waals surface area contributed by atoms with Gasteiger partial charge in [-0.1, -0.05) is 19.1 Å². The molecule has 146 valence electrons. The molecule has 0 saturated carbocycles. The number of imidazole rings is 2. The Hall–Kier alpha value is -2.93. The zero-order valence-corrected chi connectivity index (χ0v) is 16.5. The maximum Gasteiger partial charge on any atom is 0.221 e. The minimum absolute atomic E-state index is 0.0579. The summed E-state index contributed by atoms with van der Waals surface area (Å²) in [5.41, 5.74) is 6.45. The van der Waals surface area contributed by atoms with E-state index in [4.69, 9.17) is 4.98 Å². The van der Waals surface area contributed by atoms with Crippen LogP contribution in [0.25, 0.3) is 0 Å². The van der Waals surface area contributed by atoms with E-state index in [9.17, 15) is 4.79 Å². The molecule has 0 spiro atoms. The van der Waals surface area contributed by atoms with Crippen molar-refractivity contribution < 1.29 is 4.79 Å². The molecule has 0 bridgehead atoms. The molecular weight excluding hydrogens is 352 g/mol. The molecule has 3 aromatic rings. The lowest BCUT2D eigenvalue weighted by Crippen LogP contribution is -2.36. The molecule has 1 aliphatic rings. The number of fused-ring (bicyclic) bond motifs is 1. The standard InChI is InChI=1S/C21H26N6O/c1-4-19-24-13(2)18(26-19)11-27-10-9-17-20(23-12-22-17)21(27)15-5-7-16(8-6-15)25-14(3)28/h5-8,12,21H,4,9-11H2,1-3H3,(H,22,23)(H,24,26)(H,25,28). The van der Waals surface area contributed by atoms with Crippen molar-refractivity contribution in [1.82, 2.24) is 24.8 Å². The molecular formula is C21H26N6O. The molecule has 2 aromatic heterocycles. The molecule has 0 radical (unpaired) electrons. The van der Waals surface area contributed by atoms with Gasteiger partial charge in [-0.2, -0.15) is 0 Å². The summed E-state index contributed by atoms with van der Waals surface area (Å²) in [6, 6.07) is 8.10. The van der Waals surface area contributed by atoms with Crippen LogP contribution < -0.4 is 5.32 Å². The zero-order valence-electron chi connectivity index (χ0n) is 16.5. The topological polar surface area (TPSA) is 89.7 Å². The highest BCUT2D eigenvalue weighted by molar-refractivity contribution is 5.88. The Kier molecular flexibility index (Phi) is 5.00. The third-order valence-corrected chi connectivity index (χ3v) is 5.29. The lowest BCUT2D eigenvalue weighted by molar-refractivity contribution is -0.114. The van der Waals surface area contributed by atoms with E-state index in [0.717, 1.165) is 60.1 Å². The van der Waals surface area contributed by atoms with Gasteiger partial charge in [-0.25, -0.2) is 9.97 Å². The summed E-state index contributed by atoms with van der Waals surface area (Å²) in [7, 11) is 0. The molecule has 0 aliphatic carbocycles. The summed E-state index contributed by atoms with van der Waals surface area (Å²) in [6.45, 7) is 7.42. The van der Waals surface area contributed by atoms with Crippen molar-refractivity contribution >= 4 is 11.6 Å². The van der Waals surface area contributed by atoms with Gasteiger partial charge >= 0.3 is 0 Å². The average Bonchev–Trinajstić information content (AvgIpc) is 3.28. The normalized spacial score (nSPS) is 16.8. The third kappa shape index (κ3) is 3.57. The van der Waals surface area contributed by atoms with E-state index in [1.165, 1.54) is 12.6 Å². The second-order valence-corrected chi connectivity index (χ2v) is 7.30. The lowest BCUT2D eigenvalue weighted by Gasteiger charge is -2.35. The molecule has 1 aromatic carbocycles. The highest BCUT2D eigenvalue weighted by Gasteiger charge is 2.31. The molecule has 0 saturated heterocycles. The first-order valence-electron chi connectivity index (χ1n) is 9.73. The van der Waals surface area contributed by atoms with Crippen LogP contribution in [0.2, 0.25) is 0 Å². The number of H-pyrrole nitrogens is 2. The van der Waals surface area contributed by atoms with Gasteiger partial charge < -0.3 is 15.3 Å².